The average Bonchev–Trinajstić information content (AvgIpc) is 2.61. The van der Waals surface area contributed by atoms with Gasteiger partial charge >= 0.3 is 0 Å². The van der Waals surface area contributed by atoms with Crippen LogP contribution in [0.1, 0.15) is 44.5 Å². The fraction of sp³-hybridized carbons (Fsp3) is 0.381. The van der Waals surface area contributed by atoms with Crippen LogP contribution in [0, 0.1) is 20.8 Å². The van der Waals surface area contributed by atoms with Gasteiger partial charge in [-0.25, -0.2) is 0 Å². The van der Waals surface area contributed by atoms with E-state index in [4.69, 9.17) is 0 Å². The van der Waals surface area contributed by atoms with Gasteiger partial charge in [-0.05, 0) is 45.4 Å². The van der Waals surface area contributed by atoms with Crippen molar-refractivity contribution in [1.29, 1.82) is 0 Å². The number of benzene rings is 1. The van der Waals surface area contributed by atoms with Crippen LogP contribution in [0.5, 0.6) is 0 Å². The first-order valence-electron chi connectivity index (χ1n) is 9.14. The first-order chi connectivity index (χ1) is 12.8. The number of amides is 2. The molecule has 1 aromatic heterocycles. The molecule has 0 radical (unpaired) electrons. The van der Waals surface area contributed by atoms with Crippen LogP contribution in [0.2, 0.25) is 0 Å². The van der Waals surface area contributed by atoms with Crippen LogP contribution in [0.3, 0.4) is 0 Å². The number of nitrogens with one attached hydrogen (secondary N) is 1. The van der Waals surface area contributed by atoms with Crippen molar-refractivity contribution in [2.24, 2.45) is 0 Å². The van der Waals surface area contributed by atoms with Gasteiger partial charge < -0.3 is 14.8 Å². The summed E-state index contributed by atoms with van der Waals surface area (Å²) >= 11 is 0. The molecule has 2 heterocycles. The van der Waals surface area contributed by atoms with Crippen molar-refractivity contribution >= 4 is 11.8 Å². The molecule has 0 saturated carbocycles. The predicted octanol–water partition coefficient (Wildman–Crippen LogP) is 2.29. The minimum absolute atomic E-state index is 0.00259. The number of aromatic nitrogens is 1. The molecule has 0 spiro atoms. The molecule has 2 amide bonds. The lowest BCUT2D eigenvalue weighted by Gasteiger charge is -2.40. The van der Waals surface area contributed by atoms with Crippen LogP contribution in [0.4, 0.5) is 0 Å². The molecule has 1 N–H and O–H groups in total. The van der Waals surface area contributed by atoms with Crippen molar-refractivity contribution in [2.45, 2.75) is 33.7 Å². The second-order valence-corrected chi connectivity index (χ2v) is 7.33. The number of aryl methyl sites for hydroxylation is 3. The molecule has 1 aliphatic rings. The fourth-order valence-corrected chi connectivity index (χ4v) is 3.55. The highest BCUT2D eigenvalue weighted by atomic mass is 16.2. The van der Waals surface area contributed by atoms with Crippen LogP contribution >= 0.6 is 0 Å². The third kappa shape index (κ3) is 3.94. The maximum absolute atomic E-state index is 13.0. The Labute approximate surface area is 158 Å². The maximum Gasteiger partial charge on any atom is 0.254 e. The van der Waals surface area contributed by atoms with Crippen LogP contribution in [0.15, 0.2) is 35.1 Å². The second kappa shape index (κ2) is 7.39. The molecule has 1 aliphatic heterocycles. The SMILES string of the molecule is Cc1ccc(C)c(C(=O)N2CCN(C(=O)c3cc(C)[nH]c(=O)c3)C[C@H]2C)c1. The van der Waals surface area contributed by atoms with E-state index in [0.29, 0.717) is 36.5 Å². The van der Waals surface area contributed by atoms with Crippen LogP contribution < -0.4 is 5.56 Å². The molecule has 6 nitrogen and oxygen atoms in total. The second-order valence-electron chi connectivity index (χ2n) is 7.33. The molecule has 0 unspecified atom stereocenters. The largest absolute Gasteiger partial charge is 0.335 e. The molecule has 1 fully saturated rings. The monoisotopic (exact) mass is 367 g/mol. The zero-order valence-electron chi connectivity index (χ0n) is 16.2. The average molecular weight is 367 g/mol. The van der Waals surface area contributed by atoms with E-state index in [-0.39, 0.29) is 23.4 Å². The predicted molar refractivity (Wildman–Crippen MR) is 104 cm³/mol. The third-order valence-electron chi connectivity index (χ3n) is 5.02. The summed E-state index contributed by atoms with van der Waals surface area (Å²) in [6, 6.07) is 8.78. The normalized spacial score (nSPS) is 17.1. The maximum atomic E-state index is 13.0. The highest BCUT2D eigenvalue weighted by molar-refractivity contribution is 5.97. The van der Waals surface area contributed by atoms with E-state index in [2.05, 4.69) is 4.98 Å². The van der Waals surface area contributed by atoms with Crippen LogP contribution in [-0.2, 0) is 0 Å². The molecule has 1 aromatic carbocycles. The summed E-state index contributed by atoms with van der Waals surface area (Å²) in [5, 5.41) is 0. The third-order valence-corrected chi connectivity index (χ3v) is 5.02. The Balaban J connectivity index is 1.75. The zero-order valence-corrected chi connectivity index (χ0v) is 16.2. The molecule has 1 saturated heterocycles. The Morgan fingerprint density at radius 2 is 1.78 bits per heavy atom. The summed E-state index contributed by atoms with van der Waals surface area (Å²) in [5.41, 5.74) is 3.48. The van der Waals surface area contributed by atoms with E-state index in [1.54, 1.807) is 17.9 Å². The molecule has 27 heavy (non-hydrogen) atoms. The molecule has 0 bridgehead atoms. The zero-order chi connectivity index (χ0) is 19.7. The van der Waals surface area contributed by atoms with E-state index >= 15 is 0 Å². The number of hydrogen-bond donors (Lipinski definition) is 1. The molecule has 1 atom stereocenters. The Morgan fingerprint density at radius 3 is 2.44 bits per heavy atom. The Bertz CT molecular complexity index is 948. The first kappa shape index (κ1) is 18.9. The molecule has 2 aromatic rings. The highest BCUT2D eigenvalue weighted by Gasteiger charge is 2.31. The van der Waals surface area contributed by atoms with Crippen molar-refractivity contribution in [3.05, 3.63) is 68.6 Å². The number of nitrogens with zero attached hydrogens (tertiary/aromatic N) is 2. The van der Waals surface area contributed by atoms with Crippen molar-refractivity contribution < 1.29 is 9.59 Å². The minimum Gasteiger partial charge on any atom is -0.335 e. The number of piperazine rings is 1. The summed E-state index contributed by atoms with van der Waals surface area (Å²) in [5.74, 6) is -0.169. The number of H-pyrrole nitrogens is 1. The van der Waals surface area contributed by atoms with E-state index in [1.807, 2.05) is 43.9 Å². The quantitative estimate of drug-likeness (QED) is 0.885. The standard InChI is InChI=1S/C21H25N3O3/c1-13-5-6-14(2)18(9-13)21(27)24-8-7-23(12-16(24)4)20(26)17-10-15(3)22-19(25)11-17/h5-6,9-11,16H,7-8,12H2,1-4H3,(H,22,25)/t16-/m1/s1. The van der Waals surface area contributed by atoms with Gasteiger partial charge in [-0.2, -0.15) is 0 Å². The van der Waals surface area contributed by atoms with Crippen molar-refractivity contribution in [1.82, 2.24) is 14.8 Å². The van der Waals surface area contributed by atoms with E-state index < -0.39 is 0 Å². The Hall–Kier alpha value is -2.89. The molecule has 3 rings (SSSR count). The van der Waals surface area contributed by atoms with Crippen LogP contribution in [0.25, 0.3) is 0 Å². The molecule has 142 valence electrons. The number of rotatable bonds is 2. The number of hydrogen-bond acceptors (Lipinski definition) is 3. The van der Waals surface area contributed by atoms with Gasteiger partial charge in [0.25, 0.3) is 11.8 Å². The number of pyridine rings is 1. The van der Waals surface area contributed by atoms with E-state index in [9.17, 15) is 14.4 Å². The smallest absolute Gasteiger partial charge is 0.254 e. The Morgan fingerprint density at radius 1 is 1.04 bits per heavy atom. The summed E-state index contributed by atoms with van der Waals surface area (Å²) < 4.78 is 0. The molecular weight excluding hydrogens is 342 g/mol. The van der Waals surface area contributed by atoms with Gasteiger partial charge in [0.2, 0.25) is 5.56 Å². The first-order valence-corrected chi connectivity index (χ1v) is 9.14. The number of carbonyl (C=O) groups is 2. The van der Waals surface area contributed by atoms with Gasteiger partial charge in [0.05, 0.1) is 0 Å². The molecule has 6 heteroatoms. The number of aromatic amines is 1. The summed E-state index contributed by atoms with van der Waals surface area (Å²) in [4.78, 5) is 43.6. The van der Waals surface area contributed by atoms with Gasteiger partial charge in [-0.1, -0.05) is 17.7 Å². The van der Waals surface area contributed by atoms with Gasteiger partial charge in [-0.3, -0.25) is 14.4 Å². The molecule has 0 aliphatic carbocycles. The van der Waals surface area contributed by atoms with Gasteiger partial charge in [-0.15, -0.1) is 0 Å². The summed E-state index contributed by atoms with van der Waals surface area (Å²) in [7, 11) is 0. The Kier molecular flexibility index (Phi) is 5.17. The van der Waals surface area contributed by atoms with E-state index in [0.717, 1.165) is 11.1 Å². The van der Waals surface area contributed by atoms with E-state index in [1.165, 1.54) is 6.07 Å². The number of carbonyl (C=O) groups excluding carboxylic acids is 2. The molecular formula is C21H25N3O3. The summed E-state index contributed by atoms with van der Waals surface area (Å²) in [6.07, 6.45) is 0. The lowest BCUT2D eigenvalue weighted by atomic mass is 10.0. The topological polar surface area (TPSA) is 73.5 Å². The lowest BCUT2D eigenvalue weighted by Crippen LogP contribution is -2.55. The van der Waals surface area contributed by atoms with Gasteiger partial charge in [0.1, 0.15) is 0 Å². The summed E-state index contributed by atoms with van der Waals surface area (Å²) in [6.45, 7) is 8.98. The fourth-order valence-electron chi connectivity index (χ4n) is 3.55. The highest BCUT2D eigenvalue weighted by Crippen LogP contribution is 2.19. The lowest BCUT2D eigenvalue weighted by molar-refractivity contribution is 0.0413. The minimum atomic E-state index is -0.282. The van der Waals surface area contributed by atoms with Crippen molar-refractivity contribution in [2.75, 3.05) is 19.6 Å². The van der Waals surface area contributed by atoms with Crippen LogP contribution in [-0.4, -0.2) is 52.3 Å². The van der Waals surface area contributed by atoms with Gasteiger partial charge in [0.15, 0.2) is 0 Å². The van der Waals surface area contributed by atoms with Gasteiger partial charge in [0, 0.05) is 48.6 Å². The van der Waals surface area contributed by atoms with Crippen molar-refractivity contribution in [3.63, 3.8) is 0 Å². The van der Waals surface area contributed by atoms with Crippen molar-refractivity contribution in [3.8, 4) is 0 Å².